The number of hydrogen-bond acceptors (Lipinski definition) is 4. The number of rotatable bonds is 7. The fourth-order valence-electron chi connectivity index (χ4n) is 4.63. The van der Waals surface area contributed by atoms with Gasteiger partial charge in [-0.15, -0.1) is 0 Å². The van der Waals surface area contributed by atoms with Crippen molar-refractivity contribution in [3.63, 3.8) is 0 Å². The maximum absolute atomic E-state index is 13.6. The highest BCUT2D eigenvalue weighted by Gasteiger charge is 2.28. The Kier molecular flexibility index (Phi) is 8.87. The number of amides is 2. The quantitative estimate of drug-likeness (QED) is 0.328. The summed E-state index contributed by atoms with van der Waals surface area (Å²) in [7, 11) is 0. The lowest BCUT2D eigenvalue weighted by Gasteiger charge is -2.25. The van der Waals surface area contributed by atoms with E-state index in [9.17, 15) is 9.59 Å². The molecule has 1 heterocycles. The van der Waals surface area contributed by atoms with Crippen molar-refractivity contribution in [1.29, 1.82) is 0 Å². The van der Waals surface area contributed by atoms with Crippen molar-refractivity contribution in [2.24, 2.45) is 0 Å². The summed E-state index contributed by atoms with van der Waals surface area (Å²) in [5.74, 6) is -0.273. The smallest absolute Gasteiger partial charge is 0.258 e. The number of nitrogens with one attached hydrogen (secondary N) is 2. The molecule has 1 unspecified atom stereocenters. The molecule has 1 atom stereocenters. The molecule has 7 heteroatoms. The van der Waals surface area contributed by atoms with E-state index in [1.807, 2.05) is 48.2 Å². The van der Waals surface area contributed by atoms with Crippen LogP contribution in [0.2, 0.25) is 5.02 Å². The monoisotopic (exact) mass is 533 g/mol. The Balaban J connectivity index is 1.48. The zero-order valence-electron chi connectivity index (χ0n) is 22.5. The number of ether oxygens (including phenoxy) is 1. The van der Waals surface area contributed by atoms with Crippen molar-refractivity contribution in [1.82, 2.24) is 5.32 Å². The van der Waals surface area contributed by atoms with Crippen LogP contribution >= 0.6 is 11.6 Å². The van der Waals surface area contributed by atoms with Gasteiger partial charge in [0.2, 0.25) is 0 Å². The topological polar surface area (TPSA) is 70.7 Å². The molecule has 4 rings (SSSR count). The third-order valence-electron chi connectivity index (χ3n) is 6.58. The number of hydrogen-bond donors (Lipinski definition) is 2. The van der Waals surface area contributed by atoms with E-state index < -0.39 is 0 Å². The molecule has 1 aliphatic rings. The fourth-order valence-corrected chi connectivity index (χ4v) is 4.81. The average Bonchev–Trinajstić information content (AvgIpc) is 3.05. The lowest BCUT2D eigenvalue weighted by atomic mass is 10.0. The van der Waals surface area contributed by atoms with E-state index in [4.69, 9.17) is 16.3 Å². The highest BCUT2D eigenvalue weighted by molar-refractivity contribution is 6.30. The molecule has 200 valence electrons. The summed E-state index contributed by atoms with van der Waals surface area (Å²) in [5, 5.41) is 6.98. The van der Waals surface area contributed by atoms with Crippen LogP contribution in [0.4, 0.5) is 11.4 Å². The van der Waals surface area contributed by atoms with E-state index >= 15 is 0 Å². The molecule has 2 amide bonds. The molecule has 0 saturated carbocycles. The van der Waals surface area contributed by atoms with Crippen molar-refractivity contribution in [3.05, 3.63) is 94.0 Å². The lowest BCUT2D eigenvalue weighted by Crippen LogP contribution is -2.38. The van der Waals surface area contributed by atoms with Gasteiger partial charge >= 0.3 is 0 Å². The third-order valence-corrected chi connectivity index (χ3v) is 6.81. The Morgan fingerprint density at radius 3 is 2.50 bits per heavy atom. The molecule has 0 fully saturated rings. The first-order valence-electron chi connectivity index (χ1n) is 13.1. The van der Waals surface area contributed by atoms with Gasteiger partial charge in [-0.05, 0) is 94.6 Å². The number of fused-ring (bicyclic) bond motifs is 1. The summed E-state index contributed by atoms with van der Waals surface area (Å²) in [6, 6.07) is 20.1. The Hall–Kier alpha value is -3.19. The summed E-state index contributed by atoms with van der Waals surface area (Å²) in [5.41, 5.74) is 4.49. The van der Waals surface area contributed by atoms with Crippen molar-refractivity contribution in [3.8, 4) is 0 Å². The van der Waals surface area contributed by atoms with E-state index in [2.05, 4.69) is 31.4 Å². The molecule has 0 saturated heterocycles. The average molecular weight is 534 g/mol. The molecule has 38 heavy (non-hydrogen) atoms. The number of halogens is 1. The summed E-state index contributed by atoms with van der Waals surface area (Å²) >= 11 is 6.37. The second-order valence-corrected chi connectivity index (χ2v) is 11.1. The molecule has 0 aliphatic carbocycles. The van der Waals surface area contributed by atoms with Gasteiger partial charge in [0.25, 0.3) is 11.8 Å². The van der Waals surface area contributed by atoms with Crippen molar-refractivity contribution < 1.29 is 14.3 Å². The van der Waals surface area contributed by atoms with E-state index in [0.717, 1.165) is 36.2 Å². The highest BCUT2D eigenvalue weighted by Crippen LogP contribution is 2.37. The number of benzene rings is 3. The molecule has 2 N–H and O–H groups in total. The number of carbonyl (C=O) groups excluding carboxylic acids is 2. The van der Waals surface area contributed by atoms with Crippen LogP contribution in [0, 0.1) is 6.92 Å². The van der Waals surface area contributed by atoms with E-state index in [1.54, 1.807) is 30.3 Å². The van der Waals surface area contributed by atoms with Gasteiger partial charge in [0.15, 0.2) is 0 Å². The highest BCUT2D eigenvalue weighted by atomic mass is 35.5. The second-order valence-electron chi connectivity index (χ2n) is 10.7. The Labute approximate surface area is 230 Å². The lowest BCUT2D eigenvalue weighted by molar-refractivity contribution is 0.0468. The minimum Gasteiger partial charge on any atom is -0.372 e. The molecule has 3 aromatic carbocycles. The van der Waals surface area contributed by atoms with Gasteiger partial charge in [0.05, 0.1) is 12.7 Å². The summed E-state index contributed by atoms with van der Waals surface area (Å²) < 4.78 is 6.27. The van der Waals surface area contributed by atoms with Crippen LogP contribution in [-0.4, -0.2) is 37.0 Å². The molecule has 0 aromatic heterocycles. The predicted molar refractivity (Wildman–Crippen MR) is 154 cm³/mol. The van der Waals surface area contributed by atoms with E-state index in [1.165, 1.54) is 0 Å². The standard InChI is InChI=1S/C31H36ClN3O3/c1-21-8-5-6-9-25(21)29(36)34-24-14-11-22(12-15-24)30(37)35-18-7-10-28(38-19-17-33-31(2,3)4)26-20-23(32)13-16-27(26)35/h5-6,8-9,11-16,20,28,33H,7,10,17-19H2,1-4H3,(H,34,36). The number of nitrogens with zero attached hydrogens (tertiary/aromatic N) is 1. The first-order valence-corrected chi connectivity index (χ1v) is 13.5. The van der Waals surface area contributed by atoms with Gasteiger partial charge in [0, 0.05) is 51.7 Å². The number of carbonyl (C=O) groups is 2. The normalized spacial score (nSPS) is 15.5. The molecule has 0 radical (unpaired) electrons. The molecular formula is C31H36ClN3O3. The Morgan fingerprint density at radius 2 is 1.79 bits per heavy atom. The second kappa shape index (κ2) is 12.1. The Morgan fingerprint density at radius 1 is 1.05 bits per heavy atom. The molecule has 3 aromatic rings. The van der Waals surface area contributed by atoms with Gasteiger partial charge in [-0.3, -0.25) is 9.59 Å². The maximum atomic E-state index is 13.6. The van der Waals surface area contributed by atoms with E-state index in [-0.39, 0.29) is 23.5 Å². The molecule has 1 aliphatic heterocycles. The number of aryl methyl sites for hydroxylation is 1. The van der Waals surface area contributed by atoms with Crippen molar-refractivity contribution in [2.45, 2.75) is 52.2 Å². The molecular weight excluding hydrogens is 498 g/mol. The fraction of sp³-hybridized carbons (Fsp3) is 0.355. The molecule has 0 spiro atoms. The van der Waals surface area contributed by atoms with Crippen LogP contribution in [0.5, 0.6) is 0 Å². The van der Waals surface area contributed by atoms with Gasteiger partial charge in [-0.2, -0.15) is 0 Å². The van der Waals surface area contributed by atoms with E-state index in [0.29, 0.717) is 35.0 Å². The van der Waals surface area contributed by atoms with Gasteiger partial charge in [0.1, 0.15) is 0 Å². The van der Waals surface area contributed by atoms with Crippen molar-refractivity contribution >= 4 is 34.8 Å². The van der Waals surface area contributed by atoms with Crippen LogP contribution in [0.3, 0.4) is 0 Å². The van der Waals surface area contributed by atoms with Crippen LogP contribution in [0.25, 0.3) is 0 Å². The molecule has 0 bridgehead atoms. The van der Waals surface area contributed by atoms with Gasteiger partial charge < -0.3 is 20.3 Å². The summed E-state index contributed by atoms with van der Waals surface area (Å²) in [6.07, 6.45) is 1.47. The third kappa shape index (κ3) is 7.01. The minimum absolute atomic E-state index is 0.0239. The van der Waals surface area contributed by atoms with Crippen LogP contribution in [-0.2, 0) is 4.74 Å². The number of anilines is 2. The van der Waals surface area contributed by atoms with Crippen LogP contribution in [0.15, 0.2) is 66.7 Å². The van der Waals surface area contributed by atoms with Gasteiger partial charge in [-0.1, -0.05) is 29.8 Å². The zero-order valence-corrected chi connectivity index (χ0v) is 23.3. The van der Waals surface area contributed by atoms with Crippen LogP contribution < -0.4 is 15.5 Å². The first kappa shape index (κ1) is 27.8. The molecule has 6 nitrogen and oxygen atoms in total. The SMILES string of the molecule is Cc1ccccc1C(=O)Nc1ccc(C(=O)N2CCCC(OCCNC(C)(C)C)c3cc(Cl)ccc32)cc1. The zero-order chi connectivity index (χ0) is 27.3. The van der Waals surface area contributed by atoms with Gasteiger partial charge in [-0.25, -0.2) is 0 Å². The minimum atomic E-state index is -0.177. The summed E-state index contributed by atoms with van der Waals surface area (Å²) in [6.45, 7) is 10.2. The van der Waals surface area contributed by atoms with Crippen LogP contribution in [0.1, 0.15) is 71.6 Å². The maximum Gasteiger partial charge on any atom is 0.258 e. The van der Waals surface area contributed by atoms with Crippen molar-refractivity contribution in [2.75, 3.05) is 29.9 Å². The summed E-state index contributed by atoms with van der Waals surface area (Å²) in [4.78, 5) is 28.1. The first-order chi connectivity index (χ1) is 18.1. The predicted octanol–water partition coefficient (Wildman–Crippen LogP) is 6.79. The largest absolute Gasteiger partial charge is 0.372 e. The Bertz CT molecular complexity index is 1280.